The van der Waals surface area contributed by atoms with Crippen LogP contribution in [-0.2, 0) is 28.7 Å². The Bertz CT molecular complexity index is 1610. The van der Waals surface area contributed by atoms with Gasteiger partial charge < -0.3 is 29.3 Å². The van der Waals surface area contributed by atoms with E-state index in [2.05, 4.69) is 13.2 Å². The lowest BCUT2D eigenvalue weighted by molar-refractivity contribution is -0.164. The number of aliphatic hydroxyl groups excluding tert-OH is 1. The van der Waals surface area contributed by atoms with Gasteiger partial charge in [-0.2, -0.15) is 0 Å². The molecule has 3 aliphatic heterocycles. The second-order valence-electron chi connectivity index (χ2n) is 14.2. The van der Waals surface area contributed by atoms with Gasteiger partial charge in [-0.15, -0.1) is 13.2 Å². The van der Waals surface area contributed by atoms with Gasteiger partial charge in [-0.3, -0.25) is 19.2 Å². The third kappa shape index (κ3) is 7.56. The van der Waals surface area contributed by atoms with Crippen LogP contribution in [0.3, 0.4) is 0 Å². The highest BCUT2D eigenvalue weighted by molar-refractivity contribution is 6.34. The highest BCUT2D eigenvalue weighted by Gasteiger charge is 2.75. The number of allylic oxidation sites excluding steroid dienone is 1. The van der Waals surface area contributed by atoms with Crippen molar-refractivity contribution in [2.75, 3.05) is 31.6 Å². The summed E-state index contributed by atoms with van der Waals surface area (Å²) in [5, 5.41) is 9.70. The molecule has 2 aromatic carbocycles. The molecule has 5 rings (SSSR count). The number of halogens is 1. The third-order valence-electron chi connectivity index (χ3n) is 11.0. The van der Waals surface area contributed by atoms with Gasteiger partial charge in [0.1, 0.15) is 17.7 Å². The molecule has 1 spiro atoms. The number of anilines is 1. The van der Waals surface area contributed by atoms with E-state index in [9.17, 15) is 24.3 Å². The molecule has 0 aromatic heterocycles. The Labute approximate surface area is 312 Å². The van der Waals surface area contributed by atoms with Crippen LogP contribution in [0.25, 0.3) is 0 Å². The number of esters is 1. The number of unbranched alkanes of at least 4 members (excludes halogenated alkanes) is 3. The summed E-state index contributed by atoms with van der Waals surface area (Å²) in [7, 11) is 1.69. The molecule has 3 heterocycles. The van der Waals surface area contributed by atoms with Crippen LogP contribution in [0.1, 0.15) is 75.5 Å². The molecule has 280 valence electrons. The molecule has 3 aliphatic rings. The summed E-state index contributed by atoms with van der Waals surface area (Å²) in [6, 6.07) is 13.2. The van der Waals surface area contributed by atoms with Crippen molar-refractivity contribution in [3.63, 3.8) is 0 Å². The number of hydrogen-bond donors (Lipinski definition) is 1. The van der Waals surface area contributed by atoms with E-state index in [0.717, 1.165) is 24.0 Å². The Morgan fingerprint density at radius 2 is 1.83 bits per heavy atom. The molecule has 2 bridgehead atoms. The summed E-state index contributed by atoms with van der Waals surface area (Å²) in [5.41, 5.74) is 0.812. The Kier molecular flexibility index (Phi) is 13.0. The summed E-state index contributed by atoms with van der Waals surface area (Å²) in [4.78, 5) is 62.0. The minimum atomic E-state index is -1.24. The molecule has 3 fully saturated rings. The first-order chi connectivity index (χ1) is 25.0. The van der Waals surface area contributed by atoms with Crippen molar-refractivity contribution in [2.24, 2.45) is 11.8 Å². The monoisotopic (exact) mass is 733 g/mol. The maximum absolute atomic E-state index is 15.0. The maximum atomic E-state index is 15.0. The Morgan fingerprint density at radius 3 is 2.50 bits per heavy atom. The molecular formula is C41H52ClN3O7. The van der Waals surface area contributed by atoms with Gasteiger partial charge >= 0.3 is 5.97 Å². The molecule has 1 N–H and O–H groups in total. The molecular weight excluding hydrogens is 682 g/mol. The number of nitrogens with zero attached hydrogens (tertiary/aromatic N) is 3. The number of hydrogen-bond acceptors (Lipinski definition) is 7. The maximum Gasteiger partial charge on any atom is 0.313 e. The van der Waals surface area contributed by atoms with Crippen molar-refractivity contribution in [1.82, 2.24) is 9.80 Å². The normalized spacial score (nSPS) is 24.2. The zero-order chi connectivity index (χ0) is 37.6. The molecule has 0 radical (unpaired) electrons. The largest absolute Gasteiger partial charge is 0.455 e. The smallest absolute Gasteiger partial charge is 0.313 e. The van der Waals surface area contributed by atoms with Crippen LogP contribution in [0, 0.1) is 18.8 Å². The molecule has 0 aliphatic carbocycles. The van der Waals surface area contributed by atoms with E-state index < -0.39 is 47.7 Å². The van der Waals surface area contributed by atoms with Crippen molar-refractivity contribution in [3.8, 4) is 0 Å². The number of amides is 3. The lowest BCUT2D eigenvalue weighted by Gasteiger charge is -2.37. The van der Waals surface area contributed by atoms with Gasteiger partial charge in [-0.25, -0.2) is 0 Å². The van der Waals surface area contributed by atoms with E-state index in [-0.39, 0.29) is 37.3 Å². The van der Waals surface area contributed by atoms with Crippen molar-refractivity contribution < 1.29 is 33.8 Å². The second-order valence-corrected chi connectivity index (χ2v) is 14.6. The molecule has 7 atom stereocenters. The van der Waals surface area contributed by atoms with Gasteiger partial charge in [0.25, 0.3) is 5.91 Å². The fourth-order valence-electron chi connectivity index (χ4n) is 8.34. The number of rotatable bonds is 18. The highest BCUT2D eigenvalue weighted by atomic mass is 35.5. The van der Waals surface area contributed by atoms with Gasteiger partial charge in [0.05, 0.1) is 34.7 Å². The number of aliphatic hydroxyl groups is 1. The number of likely N-dealkylation sites (N-methyl/N-ethyl adjacent to an activating group) is 1. The van der Waals surface area contributed by atoms with Crippen LogP contribution < -0.4 is 4.90 Å². The van der Waals surface area contributed by atoms with Crippen LogP contribution in [0.5, 0.6) is 0 Å². The minimum Gasteiger partial charge on any atom is -0.455 e. The molecule has 2 aromatic rings. The average molecular weight is 734 g/mol. The Morgan fingerprint density at radius 1 is 1.10 bits per heavy atom. The molecule has 0 saturated carbocycles. The van der Waals surface area contributed by atoms with E-state index in [1.54, 1.807) is 40.0 Å². The van der Waals surface area contributed by atoms with Gasteiger partial charge in [0.2, 0.25) is 11.8 Å². The summed E-state index contributed by atoms with van der Waals surface area (Å²) in [5.74, 6) is -3.20. The van der Waals surface area contributed by atoms with Crippen LogP contribution in [0.2, 0.25) is 5.02 Å². The number of carbonyl (C=O) groups is 4. The summed E-state index contributed by atoms with van der Waals surface area (Å²) >= 11 is 6.70. The van der Waals surface area contributed by atoms with Gasteiger partial charge in [-0.05, 0) is 63.1 Å². The number of aryl methyl sites for hydroxylation is 1. The minimum absolute atomic E-state index is 0.0863. The number of carbonyl (C=O) groups excluding carboxylic acids is 4. The highest BCUT2D eigenvalue weighted by Crippen LogP contribution is 2.59. The summed E-state index contributed by atoms with van der Waals surface area (Å²) < 4.78 is 13.1. The molecule has 0 unspecified atom stereocenters. The van der Waals surface area contributed by atoms with E-state index in [0.29, 0.717) is 49.4 Å². The van der Waals surface area contributed by atoms with Crippen LogP contribution in [0.15, 0.2) is 73.8 Å². The zero-order valence-electron chi connectivity index (χ0n) is 30.5. The lowest BCUT2D eigenvalue weighted by atomic mass is 9.70. The first-order valence-corrected chi connectivity index (χ1v) is 18.8. The second kappa shape index (κ2) is 17.2. The fraction of sp³-hybridized carbons (Fsp3) is 0.512. The standard InChI is InChI=1S/C41H52ClN3O7/c1-6-8-21-32(47)43(5)28(4)36(29-18-12-11-13-19-29)51-40(50)33-31-22-23-41(52-31)34(33)38(48)45(25-14-9-10-15-26-46)37(41)39(49)44(24-7-2)35-27(3)17-16-20-30(35)42/h6-7,11-13,16-20,28,31,33-34,36-37,46H,1-2,8-10,14-15,21-26H2,3-5H3/t28-,31+,33-,34-,36+,37+,41-/m0/s1. The van der Waals surface area contributed by atoms with Crippen LogP contribution >= 0.6 is 11.6 Å². The van der Waals surface area contributed by atoms with Crippen molar-refractivity contribution in [3.05, 3.63) is 90.0 Å². The van der Waals surface area contributed by atoms with E-state index >= 15 is 0 Å². The number of likely N-dealkylation sites (tertiary alicyclic amines) is 1. The van der Waals surface area contributed by atoms with E-state index in [1.807, 2.05) is 56.3 Å². The SMILES string of the molecule is C=CCCC(=O)N(C)[C@@H](C)[C@@H](OC(=O)[C@@H]1[C@H]2C(=O)N(CCCCCCO)[C@H](C(=O)N(CC=C)c3c(C)cccc3Cl)[C@]23CC[C@H]1O3)c1ccccc1. The Balaban J connectivity index is 1.50. The number of benzene rings is 2. The molecule has 52 heavy (non-hydrogen) atoms. The van der Waals surface area contributed by atoms with Gasteiger partial charge in [-0.1, -0.05) is 79.1 Å². The number of para-hydroxylation sites is 1. The van der Waals surface area contributed by atoms with Gasteiger partial charge in [0, 0.05) is 33.2 Å². The summed E-state index contributed by atoms with van der Waals surface area (Å²) in [6.45, 7) is 11.9. The number of fused-ring (bicyclic) bond motifs is 1. The van der Waals surface area contributed by atoms with Gasteiger partial charge in [0.15, 0.2) is 0 Å². The van der Waals surface area contributed by atoms with E-state index in [4.69, 9.17) is 21.1 Å². The van der Waals surface area contributed by atoms with Crippen LogP contribution in [-0.4, -0.2) is 89.1 Å². The molecule has 11 heteroatoms. The quantitative estimate of drug-likeness (QED) is 0.110. The first-order valence-electron chi connectivity index (χ1n) is 18.4. The number of ether oxygens (including phenoxy) is 2. The predicted molar refractivity (Wildman–Crippen MR) is 201 cm³/mol. The third-order valence-corrected chi connectivity index (χ3v) is 11.3. The van der Waals surface area contributed by atoms with Crippen LogP contribution in [0.4, 0.5) is 5.69 Å². The van der Waals surface area contributed by atoms with Crippen molar-refractivity contribution in [1.29, 1.82) is 0 Å². The fourth-order valence-corrected chi connectivity index (χ4v) is 8.67. The average Bonchev–Trinajstić information content (AvgIpc) is 3.79. The lowest BCUT2D eigenvalue weighted by Crippen LogP contribution is -2.56. The summed E-state index contributed by atoms with van der Waals surface area (Å²) in [6.07, 6.45) is 6.41. The first kappa shape index (κ1) is 39.2. The topological polar surface area (TPSA) is 117 Å². The Hall–Kier alpha value is -3.99. The van der Waals surface area contributed by atoms with Crippen molar-refractivity contribution in [2.45, 2.75) is 95.1 Å². The molecule has 3 saturated heterocycles. The predicted octanol–water partition coefficient (Wildman–Crippen LogP) is 6.19. The zero-order valence-corrected chi connectivity index (χ0v) is 31.3. The molecule has 10 nitrogen and oxygen atoms in total. The van der Waals surface area contributed by atoms with Crippen molar-refractivity contribution >= 4 is 41.0 Å². The molecule has 3 amide bonds. The van der Waals surface area contributed by atoms with E-state index in [1.165, 1.54) is 0 Å².